The van der Waals surface area contributed by atoms with Crippen molar-refractivity contribution in [2.75, 3.05) is 19.0 Å². The minimum Gasteiger partial charge on any atom is -0.323 e. The molecule has 0 aromatic heterocycles. The van der Waals surface area contributed by atoms with Gasteiger partial charge in [0, 0.05) is 17.4 Å². The van der Waals surface area contributed by atoms with Gasteiger partial charge in [0.25, 0.3) is 0 Å². The third-order valence-corrected chi connectivity index (χ3v) is 4.61. The highest BCUT2D eigenvalue weighted by molar-refractivity contribution is 7.63. The standard InChI is InChI=1S/C7H12ClOP/c1-6-5-10(2,9)4-3-7(6)8/h3,6H,4-5H2,1-2H3. The molecule has 0 aromatic carbocycles. The van der Waals surface area contributed by atoms with E-state index < -0.39 is 7.14 Å². The molecular formula is C7H12ClOP. The molecule has 0 aromatic rings. The highest BCUT2D eigenvalue weighted by atomic mass is 35.5. The van der Waals surface area contributed by atoms with Gasteiger partial charge in [-0.15, -0.1) is 0 Å². The number of hydrogen-bond donors (Lipinski definition) is 0. The Bertz CT molecular complexity index is 210. The van der Waals surface area contributed by atoms with Crippen molar-refractivity contribution in [1.82, 2.24) is 0 Å². The minimum absolute atomic E-state index is 0.311. The summed E-state index contributed by atoms with van der Waals surface area (Å²) in [4.78, 5) is 0. The van der Waals surface area contributed by atoms with E-state index in [1.807, 2.05) is 19.7 Å². The van der Waals surface area contributed by atoms with Crippen LogP contribution in [-0.4, -0.2) is 19.0 Å². The summed E-state index contributed by atoms with van der Waals surface area (Å²) >= 11 is 5.83. The van der Waals surface area contributed by atoms with Crippen molar-refractivity contribution < 1.29 is 4.57 Å². The average molecular weight is 179 g/mol. The van der Waals surface area contributed by atoms with E-state index in [0.717, 1.165) is 11.2 Å². The summed E-state index contributed by atoms with van der Waals surface area (Å²) in [5, 5.41) is 0.883. The number of allylic oxidation sites excluding steroid dienone is 2. The molecule has 0 N–H and O–H groups in total. The van der Waals surface area contributed by atoms with Gasteiger partial charge in [0.05, 0.1) is 7.14 Å². The molecule has 1 nitrogen and oxygen atoms in total. The van der Waals surface area contributed by atoms with Crippen molar-refractivity contribution in [1.29, 1.82) is 0 Å². The highest BCUT2D eigenvalue weighted by Crippen LogP contribution is 2.48. The van der Waals surface area contributed by atoms with Crippen molar-refractivity contribution >= 4 is 18.7 Å². The van der Waals surface area contributed by atoms with E-state index in [1.54, 1.807) is 0 Å². The van der Waals surface area contributed by atoms with Gasteiger partial charge >= 0.3 is 0 Å². The summed E-state index contributed by atoms with van der Waals surface area (Å²) in [6, 6.07) is 0. The van der Waals surface area contributed by atoms with Crippen molar-refractivity contribution in [2.45, 2.75) is 6.92 Å². The van der Waals surface area contributed by atoms with Crippen LogP contribution in [0.25, 0.3) is 0 Å². The van der Waals surface area contributed by atoms with E-state index >= 15 is 0 Å². The first-order valence-electron chi connectivity index (χ1n) is 3.42. The third kappa shape index (κ3) is 1.87. The lowest BCUT2D eigenvalue weighted by Gasteiger charge is -2.21. The molecule has 0 amide bonds. The maximum absolute atomic E-state index is 11.5. The zero-order valence-corrected chi connectivity index (χ0v) is 7.95. The van der Waals surface area contributed by atoms with Crippen LogP contribution in [0.2, 0.25) is 0 Å². The van der Waals surface area contributed by atoms with Crippen LogP contribution in [0.15, 0.2) is 11.1 Å². The van der Waals surface area contributed by atoms with Gasteiger partial charge in [-0.3, -0.25) is 0 Å². The molecule has 0 saturated carbocycles. The molecule has 3 heteroatoms. The molecule has 1 aliphatic rings. The fourth-order valence-electron chi connectivity index (χ4n) is 1.22. The van der Waals surface area contributed by atoms with Gasteiger partial charge in [-0.1, -0.05) is 24.6 Å². The predicted molar refractivity (Wildman–Crippen MR) is 46.4 cm³/mol. The van der Waals surface area contributed by atoms with Crippen LogP contribution in [-0.2, 0) is 4.57 Å². The van der Waals surface area contributed by atoms with Crippen LogP contribution in [0.1, 0.15) is 6.92 Å². The summed E-state index contributed by atoms with van der Waals surface area (Å²) in [6.45, 7) is 3.87. The monoisotopic (exact) mass is 178 g/mol. The molecule has 0 spiro atoms. The molecule has 0 bridgehead atoms. The normalized spacial score (nSPS) is 41.1. The van der Waals surface area contributed by atoms with Crippen molar-refractivity contribution in [3.05, 3.63) is 11.1 Å². The predicted octanol–water partition coefficient (Wildman–Crippen LogP) is 2.75. The maximum atomic E-state index is 11.5. The second-order valence-corrected chi connectivity index (χ2v) is 6.91. The smallest absolute Gasteiger partial charge is 0.0890 e. The van der Waals surface area contributed by atoms with E-state index in [1.165, 1.54) is 0 Å². The van der Waals surface area contributed by atoms with Gasteiger partial charge in [0.1, 0.15) is 0 Å². The van der Waals surface area contributed by atoms with Gasteiger partial charge in [0.15, 0.2) is 0 Å². The minimum atomic E-state index is -1.84. The fraction of sp³-hybridized carbons (Fsp3) is 0.714. The lowest BCUT2D eigenvalue weighted by molar-refractivity contribution is 0.572. The Hall–Kier alpha value is 0.260. The first-order chi connectivity index (χ1) is 4.51. The second kappa shape index (κ2) is 2.71. The average Bonchev–Trinajstić information content (AvgIpc) is 1.79. The lowest BCUT2D eigenvalue weighted by atomic mass is 10.2. The maximum Gasteiger partial charge on any atom is 0.0890 e. The molecule has 0 fully saturated rings. The van der Waals surface area contributed by atoms with E-state index in [-0.39, 0.29) is 0 Å². The Morgan fingerprint density at radius 1 is 1.80 bits per heavy atom. The van der Waals surface area contributed by atoms with Crippen molar-refractivity contribution in [3.63, 3.8) is 0 Å². The Kier molecular flexibility index (Phi) is 2.27. The van der Waals surface area contributed by atoms with Crippen LogP contribution in [0.5, 0.6) is 0 Å². The van der Waals surface area contributed by atoms with E-state index in [4.69, 9.17) is 11.6 Å². The molecule has 10 heavy (non-hydrogen) atoms. The van der Waals surface area contributed by atoms with Gasteiger partial charge < -0.3 is 4.57 Å². The number of hydrogen-bond acceptors (Lipinski definition) is 1. The van der Waals surface area contributed by atoms with Crippen molar-refractivity contribution in [3.8, 4) is 0 Å². The van der Waals surface area contributed by atoms with Gasteiger partial charge in [-0.05, 0) is 12.6 Å². The van der Waals surface area contributed by atoms with Gasteiger partial charge in [-0.25, -0.2) is 0 Å². The number of rotatable bonds is 0. The van der Waals surface area contributed by atoms with Gasteiger partial charge in [0.2, 0.25) is 0 Å². The number of halogens is 1. The molecular weight excluding hydrogens is 167 g/mol. The molecule has 1 rings (SSSR count). The van der Waals surface area contributed by atoms with Crippen LogP contribution in [0, 0.1) is 5.92 Å². The fourth-order valence-corrected chi connectivity index (χ4v) is 3.68. The molecule has 2 unspecified atom stereocenters. The zero-order chi connectivity index (χ0) is 7.78. The highest BCUT2D eigenvalue weighted by Gasteiger charge is 2.24. The Balaban J connectivity index is 2.79. The third-order valence-electron chi connectivity index (χ3n) is 1.80. The SMILES string of the molecule is CC1CP(C)(=O)CC=C1Cl. The molecule has 0 aliphatic carbocycles. The Morgan fingerprint density at radius 2 is 2.40 bits per heavy atom. The van der Waals surface area contributed by atoms with Crippen molar-refractivity contribution in [2.24, 2.45) is 5.92 Å². The van der Waals surface area contributed by atoms with Gasteiger partial charge in [-0.2, -0.15) is 0 Å². The summed E-state index contributed by atoms with van der Waals surface area (Å²) in [7, 11) is -1.84. The molecule has 0 radical (unpaired) electrons. The first-order valence-corrected chi connectivity index (χ1v) is 6.32. The molecule has 2 atom stereocenters. The molecule has 1 aliphatic heterocycles. The molecule has 0 saturated heterocycles. The van der Waals surface area contributed by atoms with Crippen LogP contribution in [0.4, 0.5) is 0 Å². The first kappa shape index (κ1) is 8.36. The lowest BCUT2D eigenvalue weighted by Crippen LogP contribution is -2.09. The van der Waals surface area contributed by atoms with Crippen LogP contribution >= 0.6 is 18.7 Å². The summed E-state index contributed by atoms with van der Waals surface area (Å²) in [6.07, 6.45) is 3.37. The Labute approximate surface area is 66.8 Å². The summed E-state index contributed by atoms with van der Waals surface area (Å²) in [5.41, 5.74) is 0. The summed E-state index contributed by atoms with van der Waals surface area (Å²) in [5.74, 6) is 0.311. The summed E-state index contributed by atoms with van der Waals surface area (Å²) < 4.78 is 11.5. The van der Waals surface area contributed by atoms with E-state index in [2.05, 4.69) is 0 Å². The van der Waals surface area contributed by atoms with E-state index in [9.17, 15) is 4.57 Å². The van der Waals surface area contributed by atoms with Crippen LogP contribution < -0.4 is 0 Å². The molecule has 1 heterocycles. The van der Waals surface area contributed by atoms with Crippen LogP contribution in [0.3, 0.4) is 0 Å². The van der Waals surface area contributed by atoms with E-state index in [0.29, 0.717) is 12.1 Å². The largest absolute Gasteiger partial charge is 0.323 e. The topological polar surface area (TPSA) is 17.1 Å². The Morgan fingerprint density at radius 3 is 2.80 bits per heavy atom. The second-order valence-electron chi connectivity index (χ2n) is 3.15. The zero-order valence-electron chi connectivity index (χ0n) is 6.30. The quantitative estimate of drug-likeness (QED) is 0.522. The molecule has 58 valence electrons.